The van der Waals surface area contributed by atoms with Gasteiger partial charge in [-0.2, -0.15) is 8.42 Å². The van der Waals surface area contributed by atoms with Gasteiger partial charge >= 0.3 is 5.97 Å². The van der Waals surface area contributed by atoms with Crippen LogP contribution < -0.4 is 26.2 Å². The Bertz CT molecular complexity index is 2600. The monoisotopic (exact) mass is 966 g/mol. The Balaban J connectivity index is 0.000000173. The van der Waals surface area contributed by atoms with Crippen LogP contribution in [0.4, 0.5) is 11.4 Å². The third kappa shape index (κ3) is 13.8. The van der Waals surface area contributed by atoms with Gasteiger partial charge in [0.2, 0.25) is 23.6 Å². The van der Waals surface area contributed by atoms with Gasteiger partial charge < -0.3 is 34.6 Å². The van der Waals surface area contributed by atoms with E-state index < -0.39 is 28.2 Å². The molecular formula is C50H58N6O12S. The molecule has 4 fully saturated rings. The van der Waals surface area contributed by atoms with Crippen molar-refractivity contribution in [3.05, 3.63) is 130 Å². The molecular weight excluding hydrogens is 909 g/mol. The van der Waals surface area contributed by atoms with Crippen molar-refractivity contribution in [2.45, 2.75) is 64.1 Å². The maximum atomic E-state index is 12.8. The topological polar surface area (TPSA) is 233 Å². The standard InChI is InChI=1S/C24H25N3O4.C21H25NO6S.C5H8N2O2/c28-22-9-8-21(23(29)25-22)27-13-18-10-19(6-7-20(18)24(27)30)26-11-17(12-26)15-31-14-16-4-2-1-3-5-16;1-26-21(23)20-9-8-19(10-18(20)15-28-29(2,24)25)22-11-17(12-22)14-27-13-16-6-4-3-5-7-16;6-3-1-2-4(8)7-5(3)9/h1-7,10,17,21H,8-9,11-15H2,(H,25,28,29);3-10,17H,11-15H2,1-2H3;3H,1-2,6H2,(H,7,8,9). The molecule has 0 saturated carbocycles. The maximum Gasteiger partial charge on any atom is 0.338 e. The molecule has 2 atom stereocenters. The average molecular weight is 967 g/mol. The number of ether oxygens (including phenoxy) is 3. The molecule has 0 aromatic heterocycles. The summed E-state index contributed by atoms with van der Waals surface area (Å²) in [6, 6.07) is 30.3. The molecule has 0 bridgehead atoms. The minimum absolute atomic E-state index is 0.133. The summed E-state index contributed by atoms with van der Waals surface area (Å²) in [5.41, 5.74) is 12.0. The third-order valence-electron chi connectivity index (χ3n) is 12.3. The first kappa shape index (κ1) is 50.4. The zero-order valence-electron chi connectivity index (χ0n) is 38.7. The SMILES string of the molecule is COC(=O)c1ccc(N2CC(COCc3ccccc3)C2)cc1COS(C)(=O)=O.NC1CCC(=O)NC1=O.O=C1CCC(N2Cc3cc(N4CC(COCc5ccccc5)C4)ccc3C2=O)C(=O)N1. The van der Waals surface area contributed by atoms with Crippen molar-refractivity contribution < 1.29 is 55.6 Å². The smallest absolute Gasteiger partial charge is 0.338 e. The van der Waals surface area contributed by atoms with E-state index in [0.717, 1.165) is 61.5 Å². The van der Waals surface area contributed by atoms with Gasteiger partial charge in [-0.15, -0.1) is 0 Å². The summed E-state index contributed by atoms with van der Waals surface area (Å²) in [6.45, 7) is 6.36. The van der Waals surface area contributed by atoms with E-state index >= 15 is 0 Å². The molecule has 5 amide bonds. The van der Waals surface area contributed by atoms with Gasteiger partial charge in [0.15, 0.2) is 0 Å². The van der Waals surface area contributed by atoms with Crippen LogP contribution in [0, 0.1) is 11.8 Å². The number of benzene rings is 4. The highest BCUT2D eigenvalue weighted by atomic mass is 32.2. The van der Waals surface area contributed by atoms with Gasteiger partial charge in [0, 0.05) is 74.3 Å². The Morgan fingerprint density at radius 2 is 1.23 bits per heavy atom. The number of nitrogens with two attached hydrogens (primary N) is 1. The molecule has 0 aliphatic carbocycles. The van der Waals surface area contributed by atoms with E-state index in [1.807, 2.05) is 66.7 Å². The van der Waals surface area contributed by atoms with E-state index in [1.165, 1.54) is 12.7 Å². The normalized spacial score (nSPS) is 19.2. The number of carbonyl (C=O) groups excluding carboxylic acids is 6. The van der Waals surface area contributed by atoms with Gasteiger partial charge in [0.05, 0.1) is 58.0 Å². The molecule has 5 heterocycles. The quantitative estimate of drug-likeness (QED) is 0.0880. The van der Waals surface area contributed by atoms with E-state index in [0.29, 0.717) is 74.2 Å². The van der Waals surface area contributed by atoms with E-state index in [4.69, 9.17) is 24.1 Å². The molecule has 0 spiro atoms. The second-order valence-electron chi connectivity index (χ2n) is 17.6. The largest absolute Gasteiger partial charge is 0.465 e. The van der Waals surface area contributed by atoms with Gasteiger partial charge in [0.1, 0.15) is 6.04 Å². The molecule has 9 rings (SSSR count). The first-order valence-electron chi connectivity index (χ1n) is 22.8. The van der Waals surface area contributed by atoms with Crippen LogP contribution in [-0.2, 0) is 74.1 Å². The highest BCUT2D eigenvalue weighted by Crippen LogP contribution is 2.33. The van der Waals surface area contributed by atoms with Gasteiger partial charge in [-0.3, -0.25) is 38.8 Å². The molecule has 2 unspecified atom stereocenters. The first-order valence-corrected chi connectivity index (χ1v) is 24.6. The molecule has 4 aromatic carbocycles. The number of imide groups is 2. The molecule has 18 nitrogen and oxygen atoms in total. The number of hydrogen-bond donors (Lipinski definition) is 3. The molecule has 19 heteroatoms. The summed E-state index contributed by atoms with van der Waals surface area (Å²) in [7, 11) is -2.34. The molecule has 69 heavy (non-hydrogen) atoms. The lowest BCUT2D eigenvalue weighted by molar-refractivity contribution is -0.137. The van der Waals surface area contributed by atoms with E-state index in [-0.39, 0.29) is 42.6 Å². The fourth-order valence-electron chi connectivity index (χ4n) is 8.45. The van der Waals surface area contributed by atoms with Crippen LogP contribution in [0.15, 0.2) is 97.1 Å². The lowest BCUT2D eigenvalue weighted by atomic mass is 9.98. The number of methoxy groups -OCH3 is 1. The number of hydrogen-bond acceptors (Lipinski definition) is 15. The van der Waals surface area contributed by atoms with Crippen LogP contribution in [-0.4, -0.2) is 114 Å². The number of anilines is 2. The van der Waals surface area contributed by atoms with Crippen LogP contribution in [0.3, 0.4) is 0 Å². The number of rotatable bonds is 15. The molecule has 366 valence electrons. The molecule has 4 saturated heterocycles. The zero-order chi connectivity index (χ0) is 49.1. The summed E-state index contributed by atoms with van der Waals surface area (Å²) < 4.78 is 44.0. The van der Waals surface area contributed by atoms with Crippen molar-refractivity contribution in [2.75, 3.05) is 62.6 Å². The Kier molecular flexibility index (Phi) is 16.9. The number of nitrogens with one attached hydrogen (secondary N) is 2. The van der Waals surface area contributed by atoms with Crippen LogP contribution >= 0.6 is 0 Å². The number of amides is 5. The fraction of sp³-hybridized carbons (Fsp3) is 0.400. The Morgan fingerprint density at radius 1 is 0.696 bits per heavy atom. The number of nitrogens with zero attached hydrogens (tertiary/aromatic N) is 3. The van der Waals surface area contributed by atoms with Crippen molar-refractivity contribution in [2.24, 2.45) is 17.6 Å². The summed E-state index contributed by atoms with van der Waals surface area (Å²) in [5.74, 6) is -0.959. The summed E-state index contributed by atoms with van der Waals surface area (Å²) in [5, 5.41) is 4.47. The number of carbonyl (C=O) groups is 6. The number of piperidine rings is 2. The molecule has 5 aliphatic heterocycles. The van der Waals surface area contributed by atoms with Crippen molar-refractivity contribution in [3.63, 3.8) is 0 Å². The van der Waals surface area contributed by atoms with Gasteiger partial charge in [0.25, 0.3) is 16.0 Å². The van der Waals surface area contributed by atoms with Crippen LogP contribution in [0.2, 0.25) is 0 Å². The molecule has 0 radical (unpaired) electrons. The second-order valence-corrected chi connectivity index (χ2v) is 19.3. The minimum Gasteiger partial charge on any atom is -0.465 e. The predicted molar refractivity (Wildman–Crippen MR) is 254 cm³/mol. The highest BCUT2D eigenvalue weighted by molar-refractivity contribution is 7.85. The molecule has 5 aliphatic rings. The van der Waals surface area contributed by atoms with Crippen LogP contribution in [0.1, 0.15) is 68.7 Å². The summed E-state index contributed by atoms with van der Waals surface area (Å²) in [4.78, 5) is 75.4. The van der Waals surface area contributed by atoms with Gasteiger partial charge in [-0.1, -0.05) is 60.7 Å². The van der Waals surface area contributed by atoms with Crippen molar-refractivity contribution >= 4 is 57.0 Å². The number of fused-ring (bicyclic) bond motifs is 1. The van der Waals surface area contributed by atoms with E-state index in [2.05, 4.69) is 38.6 Å². The summed E-state index contributed by atoms with van der Waals surface area (Å²) >= 11 is 0. The van der Waals surface area contributed by atoms with Crippen molar-refractivity contribution in [1.82, 2.24) is 15.5 Å². The third-order valence-corrected chi connectivity index (χ3v) is 12.8. The average Bonchev–Trinajstić information content (AvgIpc) is 3.63. The zero-order valence-corrected chi connectivity index (χ0v) is 39.5. The van der Waals surface area contributed by atoms with Gasteiger partial charge in [-0.05, 0) is 71.5 Å². The van der Waals surface area contributed by atoms with E-state index in [1.54, 1.807) is 17.0 Å². The lowest BCUT2D eigenvalue weighted by Gasteiger charge is -2.41. The molecule has 4 aromatic rings. The number of esters is 1. The first-order chi connectivity index (χ1) is 33.1. The minimum atomic E-state index is -3.62. The lowest BCUT2D eigenvalue weighted by Crippen LogP contribution is -2.52. The van der Waals surface area contributed by atoms with Crippen LogP contribution in [0.5, 0.6) is 0 Å². The van der Waals surface area contributed by atoms with Crippen LogP contribution in [0.25, 0.3) is 0 Å². The van der Waals surface area contributed by atoms with Crippen molar-refractivity contribution in [3.8, 4) is 0 Å². The predicted octanol–water partition coefficient (Wildman–Crippen LogP) is 3.45. The Labute approximate surface area is 401 Å². The maximum absolute atomic E-state index is 12.8. The van der Waals surface area contributed by atoms with E-state index in [9.17, 15) is 37.2 Å². The highest BCUT2D eigenvalue weighted by Gasteiger charge is 2.40. The Hall–Kier alpha value is -6.51. The second kappa shape index (κ2) is 23.2. The van der Waals surface area contributed by atoms with Crippen molar-refractivity contribution in [1.29, 1.82) is 0 Å². The summed E-state index contributed by atoms with van der Waals surface area (Å²) in [6.07, 6.45) is 2.47. The molecule has 4 N–H and O–H groups in total. The van der Waals surface area contributed by atoms with Gasteiger partial charge in [-0.25, -0.2) is 4.79 Å². The Morgan fingerprint density at radius 3 is 1.75 bits per heavy atom. The fourth-order valence-corrected chi connectivity index (χ4v) is 8.79.